The van der Waals surface area contributed by atoms with Gasteiger partial charge in [-0.3, -0.25) is 4.79 Å². The second-order valence-electron chi connectivity index (χ2n) is 9.02. The SMILES string of the molecule is CC(C)c1ccc(S(=O)(=O)NC2CCC([C@H](N)C(=O)N(C)C3CCC3)CC2)cc1. The Balaban J connectivity index is 1.52. The lowest BCUT2D eigenvalue weighted by molar-refractivity contribution is -0.136. The fraction of sp³-hybridized carbons (Fsp3) is 0.682. The number of nitrogens with one attached hydrogen (secondary N) is 1. The van der Waals surface area contributed by atoms with Crippen molar-refractivity contribution in [1.29, 1.82) is 0 Å². The van der Waals surface area contributed by atoms with Crippen molar-refractivity contribution < 1.29 is 13.2 Å². The van der Waals surface area contributed by atoms with E-state index in [0.29, 0.717) is 29.7 Å². The zero-order valence-electron chi connectivity index (χ0n) is 17.8. The van der Waals surface area contributed by atoms with Gasteiger partial charge in [-0.05, 0) is 74.5 Å². The Morgan fingerprint density at radius 1 is 1.07 bits per heavy atom. The molecular formula is C22H35N3O3S. The number of rotatable bonds is 7. The third-order valence-electron chi connectivity index (χ3n) is 6.71. The van der Waals surface area contributed by atoms with Crippen LogP contribution in [0.3, 0.4) is 0 Å². The van der Waals surface area contributed by atoms with Gasteiger partial charge in [0.15, 0.2) is 0 Å². The van der Waals surface area contributed by atoms with Crippen LogP contribution in [0.25, 0.3) is 0 Å². The maximum Gasteiger partial charge on any atom is 0.240 e. The summed E-state index contributed by atoms with van der Waals surface area (Å²) in [5, 5.41) is 0. The Labute approximate surface area is 175 Å². The van der Waals surface area contributed by atoms with Crippen LogP contribution in [0, 0.1) is 5.92 Å². The van der Waals surface area contributed by atoms with Gasteiger partial charge in [0, 0.05) is 19.1 Å². The van der Waals surface area contributed by atoms with E-state index < -0.39 is 16.1 Å². The van der Waals surface area contributed by atoms with E-state index in [1.54, 1.807) is 12.1 Å². The number of likely N-dealkylation sites (N-methyl/N-ethyl adjacent to an activating group) is 1. The van der Waals surface area contributed by atoms with Crippen LogP contribution in [-0.2, 0) is 14.8 Å². The molecule has 0 spiro atoms. The predicted molar refractivity (Wildman–Crippen MR) is 115 cm³/mol. The third-order valence-corrected chi connectivity index (χ3v) is 8.25. The molecule has 0 heterocycles. The number of sulfonamides is 1. The number of nitrogens with two attached hydrogens (primary N) is 1. The van der Waals surface area contributed by atoms with E-state index in [4.69, 9.17) is 5.73 Å². The topological polar surface area (TPSA) is 92.5 Å². The van der Waals surface area contributed by atoms with Crippen molar-refractivity contribution in [3.05, 3.63) is 29.8 Å². The fourth-order valence-electron chi connectivity index (χ4n) is 4.31. The lowest BCUT2D eigenvalue weighted by Gasteiger charge is -2.38. The molecule has 1 aromatic rings. The Kier molecular flexibility index (Phi) is 7.02. The molecule has 2 saturated carbocycles. The van der Waals surface area contributed by atoms with Crippen LogP contribution in [0.2, 0.25) is 0 Å². The number of benzene rings is 1. The third kappa shape index (κ3) is 5.19. The molecule has 1 amide bonds. The fourth-order valence-corrected chi connectivity index (χ4v) is 5.61. The zero-order valence-corrected chi connectivity index (χ0v) is 18.6. The van der Waals surface area contributed by atoms with E-state index in [-0.39, 0.29) is 17.9 Å². The highest BCUT2D eigenvalue weighted by Crippen LogP contribution is 2.30. The molecule has 1 aromatic carbocycles. The number of nitrogens with zero attached hydrogens (tertiary/aromatic N) is 1. The van der Waals surface area contributed by atoms with Gasteiger partial charge >= 0.3 is 0 Å². The minimum absolute atomic E-state index is 0.0315. The average molecular weight is 422 g/mol. The van der Waals surface area contributed by atoms with Crippen LogP contribution in [0.4, 0.5) is 0 Å². The number of carbonyl (C=O) groups is 1. The van der Waals surface area contributed by atoms with Gasteiger partial charge in [0.1, 0.15) is 0 Å². The molecular weight excluding hydrogens is 386 g/mol. The summed E-state index contributed by atoms with van der Waals surface area (Å²) < 4.78 is 28.3. The molecule has 0 aromatic heterocycles. The van der Waals surface area contributed by atoms with Gasteiger partial charge in [-0.2, -0.15) is 0 Å². The molecule has 7 heteroatoms. The monoisotopic (exact) mass is 421 g/mol. The highest BCUT2D eigenvalue weighted by Gasteiger charge is 2.35. The summed E-state index contributed by atoms with van der Waals surface area (Å²) >= 11 is 0. The van der Waals surface area contributed by atoms with Gasteiger partial charge in [-0.25, -0.2) is 13.1 Å². The first-order valence-corrected chi connectivity index (χ1v) is 12.3. The molecule has 0 radical (unpaired) electrons. The molecule has 0 bridgehead atoms. The van der Waals surface area contributed by atoms with E-state index in [1.165, 1.54) is 6.42 Å². The molecule has 0 saturated heterocycles. The second-order valence-corrected chi connectivity index (χ2v) is 10.7. The van der Waals surface area contributed by atoms with Gasteiger partial charge in [0.2, 0.25) is 15.9 Å². The van der Waals surface area contributed by atoms with Gasteiger partial charge in [-0.15, -0.1) is 0 Å². The minimum atomic E-state index is -3.53. The maximum atomic E-state index is 12.7. The number of hydrogen-bond acceptors (Lipinski definition) is 4. The molecule has 162 valence electrons. The number of carbonyl (C=O) groups excluding carboxylic acids is 1. The highest BCUT2D eigenvalue weighted by atomic mass is 32.2. The van der Waals surface area contributed by atoms with Crippen molar-refractivity contribution in [2.24, 2.45) is 11.7 Å². The van der Waals surface area contributed by atoms with Crippen LogP contribution in [0.5, 0.6) is 0 Å². The van der Waals surface area contributed by atoms with Crippen molar-refractivity contribution in [2.45, 2.75) is 87.7 Å². The highest BCUT2D eigenvalue weighted by molar-refractivity contribution is 7.89. The van der Waals surface area contributed by atoms with Gasteiger partial charge < -0.3 is 10.6 Å². The molecule has 3 N–H and O–H groups in total. The molecule has 6 nitrogen and oxygen atoms in total. The van der Waals surface area contributed by atoms with Crippen LogP contribution in [0.1, 0.15) is 70.3 Å². The van der Waals surface area contributed by atoms with Crippen molar-refractivity contribution >= 4 is 15.9 Å². The van der Waals surface area contributed by atoms with E-state index in [1.807, 2.05) is 24.1 Å². The summed E-state index contributed by atoms with van der Waals surface area (Å²) in [6, 6.07) is 6.86. The lowest BCUT2D eigenvalue weighted by Crippen LogP contribution is -2.52. The van der Waals surface area contributed by atoms with Gasteiger partial charge in [-0.1, -0.05) is 26.0 Å². The van der Waals surface area contributed by atoms with Crippen molar-refractivity contribution in [2.75, 3.05) is 7.05 Å². The van der Waals surface area contributed by atoms with E-state index >= 15 is 0 Å². The maximum absolute atomic E-state index is 12.7. The standard InChI is InChI=1S/C22H35N3O3S/c1-15(2)16-9-13-20(14-10-16)29(27,28)24-18-11-7-17(8-12-18)21(23)22(26)25(3)19-5-4-6-19/h9-10,13-15,17-19,21,24H,4-8,11-12,23H2,1-3H3/t17?,18?,21-/m0/s1. The van der Waals surface area contributed by atoms with E-state index in [2.05, 4.69) is 18.6 Å². The Morgan fingerprint density at radius 3 is 2.14 bits per heavy atom. The Hall–Kier alpha value is -1.44. The molecule has 2 aliphatic rings. The van der Waals surface area contributed by atoms with Crippen LogP contribution < -0.4 is 10.5 Å². The summed E-state index contributed by atoms with van der Waals surface area (Å²) in [6.45, 7) is 4.17. The van der Waals surface area contributed by atoms with Crippen molar-refractivity contribution in [3.63, 3.8) is 0 Å². The quantitative estimate of drug-likeness (QED) is 0.708. The van der Waals surface area contributed by atoms with Crippen molar-refractivity contribution in [3.8, 4) is 0 Å². The summed E-state index contributed by atoms with van der Waals surface area (Å²) in [7, 11) is -1.68. The summed E-state index contributed by atoms with van der Waals surface area (Å²) in [5.41, 5.74) is 7.40. The van der Waals surface area contributed by atoms with E-state index in [9.17, 15) is 13.2 Å². The van der Waals surface area contributed by atoms with E-state index in [0.717, 1.165) is 31.2 Å². The van der Waals surface area contributed by atoms with Crippen LogP contribution in [-0.4, -0.2) is 44.4 Å². The first-order chi connectivity index (χ1) is 13.7. The molecule has 1 atom stereocenters. The van der Waals surface area contributed by atoms with Gasteiger partial charge in [0.05, 0.1) is 10.9 Å². The summed E-state index contributed by atoms with van der Waals surface area (Å²) in [5.74, 6) is 0.519. The normalized spacial score (nSPS) is 24.2. The Morgan fingerprint density at radius 2 is 1.66 bits per heavy atom. The smallest absolute Gasteiger partial charge is 0.240 e. The molecule has 2 aliphatic carbocycles. The largest absolute Gasteiger partial charge is 0.341 e. The second kappa shape index (κ2) is 9.14. The molecule has 0 unspecified atom stereocenters. The number of hydrogen-bond donors (Lipinski definition) is 2. The van der Waals surface area contributed by atoms with Crippen molar-refractivity contribution in [1.82, 2.24) is 9.62 Å². The summed E-state index contributed by atoms with van der Waals surface area (Å²) in [4.78, 5) is 14.8. The molecule has 3 rings (SSSR count). The predicted octanol–water partition coefficient (Wildman–Crippen LogP) is 2.99. The molecule has 29 heavy (non-hydrogen) atoms. The Bertz CT molecular complexity index is 795. The zero-order chi connectivity index (χ0) is 21.2. The molecule has 0 aliphatic heterocycles. The summed E-state index contributed by atoms with van der Waals surface area (Å²) in [6.07, 6.45) is 6.28. The van der Waals surface area contributed by atoms with Crippen LogP contribution >= 0.6 is 0 Å². The number of amides is 1. The lowest BCUT2D eigenvalue weighted by atomic mass is 9.81. The van der Waals surface area contributed by atoms with Crippen LogP contribution in [0.15, 0.2) is 29.2 Å². The average Bonchev–Trinajstić information content (AvgIpc) is 2.65. The first-order valence-electron chi connectivity index (χ1n) is 10.8. The van der Waals surface area contributed by atoms with Gasteiger partial charge in [0.25, 0.3) is 0 Å². The molecule has 2 fully saturated rings. The minimum Gasteiger partial charge on any atom is -0.341 e. The first kappa shape index (κ1) is 22.2.